The quantitative estimate of drug-likeness (QED) is 0.405. The Balaban J connectivity index is -0.0000000200. The second kappa shape index (κ2) is 16.2. The Labute approximate surface area is 65.2 Å². The summed E-state index contributed by atoms with van der Waals surface area (Å²) >= 11 is -0.931. The molecule has 0 amide bonds. The molecule has 0 unspecified atom stereocenters. The van der Waals surface area contributed by atoms with Gasteiger partial charge in [-0.15, -0.1) is 0 Å². The van der Waals surface area contributed by atoms with Crippen LogP contribution in [0.15, 0.2) is 0 Å². The van der Waals surface area contributed by atoms with Crippen molar-refractivity contribution < 1.29 is 5.48 Å². The van der Waals surface area contributed by atoms with Gasteiger partial charge in [-0.2, -0.15) is 0 Å². The molecule has 0 saturated carbocycles. The maximum atomic E-state index is 4.95. The molecule has 30 valence electrons. The Kier molecular flexibility index (Phi) is 50.8. The zero-order chi connectivity index (χ0) is 2.71. The Morgan fingerprint density at radius 3 is 1.20 bits per heavy atom. The Morgan fingerprint density at radius 1 is 1.20 bits per heavy atom. The van der Waals surface area contributed by atoms with E-state index in [1.807, 2.05) is 0 Å². The topological polar surface area (TPSA) is 31.5 Å². The van der Waals surface area contributed by atoms with Gasteiger partial charge in [-0.1, -0.05) is 0 Å². The molecule has 0 bridgehead atoms. The van der Waals surface area contributed by atoms with Crippen LogP contribution in [0.1, 0.15) is 0 Å². The zero-order valence-electron chi connectivity index (χ0n) is 1.96. The molecule has 0 radical (unpaired) electrons. The van der Waals surface area contributed by atoms with Crippen molar-refractivity contribution in [1.82, 2.24) is 0 Å². The van der Waals surface area contributed by atoms with Gasteiger partial charge in [0.25, 0.3) is 0 Å². The molecule has 0 heterocycles. The molecule has 0 saturated heterocycles. The molecule has 0 spiro atoms. The van der Waals surface area contributed by atoms with Crippen LogP contribution < -0.4 is 0 Å². The fourth-order valence-electron chi connectivity index (χ4n) is 0. The molecular weight excluding hydrogens is 154 g/mol. The summed E-state index contributed by atoms with van der Waals surface area (Å²) in [7, 11) is 0. The van der Waals surface area contributed by atoms with Crippen molar-refractivity contribution in [2.75, 3.05) is 0 Å². The minimum atomic E-state index is -0.931. The van der Waals surface area contributed by atoms with Gasteiger partial charge in [0.2, 0.25) is 0 Å². The summed E-state index contributed by atoms with van der Waals surface area (Å²) in [5.41, 5.74) is 0. The third-order valence-electron chi connectivity index (χ3n) is 0. The van der Waals surface area contributed by atoms with Crippen molar-refractivity contribution in [2.24, 2.45) is 0 Å². The molecule has 0 aromatic rings. The van der Waals surface area contributed by atoms with Gasteiger partial charge in [0, 0.05) is 0 Å². The zero-order valence-corrected chi connectivity index (χ0v) is 5.68. The number of hydrogen-bond donors (Lipinski definition) is 0. The van der Waals surface area contributed by atoms with Gasteiger partial charge in [-0.25, -0.2) is 0 Å². The van der Waals surface area contributed by atoms with E-state index in [-0.39, 0.29) is 22.8 Å². The summed E-state index contributed by atoms with van der Waals surface area (Å²) in [6.45, 7) is 0. The standard InChI is InChI=1S/Al.Ca.2ClH.H2O.3H/h;;2*1H;1H2;;;/q;+2;;;;;;/p-2. The van der Waals surface area contributed by atoms with Gasteiger partial charge >= 0.3 is 43.6 Å². The van der Waals surface area contributed by atoms with Gasteiger partial charge in [-0.3, -0.25) is 0 Å². The third-order valence-corrected chi connectivity index (χ3v) is 0. The van der Waals surface area contributed by atoms with Crippen LogP contribution in [0.4, 0.5) is 0 Å². The van der Waals surface area contributed by atoms with E-state index in [1.165, 1.54) is 0 Å². The number of hydrogen-bond acceptors (Lipinski definition) is 0. The summed E-state index contributed by atoms with van der Waals surface area (Å²) in [4.78, 5) is 0. The van der Waals surface area contributed by atoms with Crippen LogP contribution in [0.2, 0.25) is 0 Å². The van der Waals surface area contributed by atoms with Crippen LogP contribution in [0.3, 0.4) is 0 Å². The van der Waals surface area contributed by atoms with E-state index < -0.39 is 30.8 Å². The van der Waals surface area contributed by atoms with Gasteiger partial charge in [0.1, 0.15) is 0 Å². The van der Waals surface area contributed by atoms with Crippen molar-refractivity contribution >= 4 is 61.0 Å². The summed E-state index contributed by atoms with van der Waals surface area (Å²) in [5.74, 6) is 0. The van der Waals surface area contributed by atoms with Gasteiger partial charge in [0.05, 0.1) is 0 Å². The van der Waals surface area contributed by atoms with E-state index in [1.54, 1.807) is 0 Å². The first-order valence-corrected chi connectivity index (χ1v) is 6.61. The molecule has 0 aliphatic heterocycles. The predicted octanol–water partition coefficient (Wildman–Crippen LogP) is -1.01. The fraction of sp³-hybridized carbons (Fsp3) is 0. The normalized spacial score (nSPS) is 2.00. The first-order chi connectivity index (χ1) is 1.41. The van der Waals surface area contributed by atoms with E-state index in [4.69, 9.17) is 12.8 Å². The first kappa shape index (κ1) is 15.7. The summed E-state index contributed by atoms with van der Waals surface area (Å²) in [6, 6.07) is 0. The second-order valence-corrected chi connectivity index (χ2v) is 3.75. The van der Waals surface area contributed by atoms with Crippen LogP contribution in [0.25, 0.3) is 0 Å². The van der Waals surface area contributed by atoms with E-state index >= 15 is 0 Å². The van der Waals surface area contributed by atoms with Crippen LogP contribution >= 0.6 is 12.8 Å². The molecule has 5 heavy (non-hydrogen) atoms. The number of rotatable bonds is 0. The molecule has 0 fully saturated rings. The summed E-state index contributed by atoms with van der Waals surface area (Å²) in [5, 5.41) is 0. The molecule has 0 aromatic heterocycles. The van der Waals surface area contributed by atoms with E-state index in [9.17, 15) is 0 Å². The molecular formula is H5AlCaCl2O. The molecule has 0 aliphatic carbocycles. The molecule has 2 N–H and O–H groups in total. The Bertz CT molecular complexity index is 9.61. The molecule has 0 aliphatic rings. The monoisotopic (exact) mass is 158 g/mol. The maximum absolute atomic E-state index is 4.95. The van der Waals surface area contributed by atoms with E-state index in [0.717, 1.165) is 0 Å². The minimum absolute atomic E-state index is 0. The van der Waals surface area contributed by atoms with Crippen molar-refractivity contribution in [1.29, 1.82) is 0 Å². The van der Waals surface area contributed by atoms with Gasteiger partial charge in [-0.05, 0) is 0 Å². The molecule has 1 nitrogen and oxygen atoms in total. The SMILES string of the molecule is O.[AlH3].[Cl][Ca][Cl]. The Morgan fingerprint density at radius 2 is 1.20 bits per heavy atom. The second-order valence-electron chi connectivity index (χ2n) is 0.101. The van der Waals surface area contributed by atoms with Crippen LogP contribution in [0.5, 0.6) is 0 Å². The molecule has 0 rings (SSSR count). The van der Waals surface area contributed by atoms with E-state index in [0.29, 0.717) is 0 Å². The van der Waals surface area contributed by atoms with Gasteiger partial charge < -0.3 is 5.48 Å². The number of halogens is 2. The molecule has 5 heteroatoms. The average molecular weight is 159 g/mol. The average Bonchev–Trinajstić information content (AvgIpc) is 0.918. The Hall–Kier alpha value is 2.33. The van der Waals surface area contributed by atoms with Gasteiger partial charge in [0.15, 0.2) is 17.4 Å². The molecule has 0 atom stereocenters. The third kappa shape index (κ3) is 21.8. The summed E-state index contributed by atoms with van der Waals surface area (Å²) in [6.07, 6.45) is 9.90. The van der Waals surface area contributed by atoms with Crippen molar-refractivity contribution in [3.8, 4) is 0 Å². The molecule has 0 aromatic carbocycles. The van der Waals surface area contributed by atoms with Crippen molar-refractivity contribution in [2.45, 2.75) is 0 Å². The van der Waals surface area contributed by atoms with Crippen LogP contribution in [-0.4, -0.2) is 53.7 Å². The van der Waals surface area contributed by atoms with E-state index in [2.05, 4.69) is 0 Å². The van der Waals surface area contributed by atoms with Crippen molar-refractivity contribution in [3.63, 3.8) is 0 Å². The van der Waals surface area contributed by atoms with Crippen LogP contribution in [-0.2, 0) is 0 Å². The first-order valence-electron chi connectivity index (χ1n) is 0.535. The van der Waals surface area contributed by atoms with Crippen molar-refractivity contribution in [3.05, 3.63) is 0 Å². The summed E-state index contributed by atoms with van der Waals surface area (Å²) < 4.78 is 0. The van der Waals surface area contributed by atoms with Crippen LogP contribution in [0, 0.1) is 0 Å². The fourth-order valence-corrected chi connectivity index (χ4v) is 0. The predicted molar refractivity (Wildman–Crippen MR) is 31.0 cm³/mol.